The summed E-state index contributed by atoms with van der Waals surface area (Å²) in [4.78, 5) is 21.1. The normalized spacial score (nSPS) is 9.79. The smallest absolute Gasteiger partial charge is 0.545 e. The minimum Gasteiger partial charge on any atom is -0.545 e. The molecule has 2 aromatic heterocycles. The van der Waals surface area contributed by atoms with Gasteiger partial charge in [0.25, 0.3) is 0 Å². The fourth-order valence-electron chi connectivity index (χ4n) is 1.05. The van der Waals surface area contributed by atoms with Crippen LogP contribution in [0.2, 0.25) is 0 Å². The zero-order valence-electron chi connectivity index (χ0n) is 7.24. The molecule has 66 valence electrons. The van der Waals surface area contributed by atoms with E-state index >= 15 is 0 Å². The average Bonchev–Trinajstić information content (AvgIpc) is 2.53. The molecule has 0 atom stereocenters. The van der Waals surface area contributed by atoms with Gasteiger partial charge in [0, 0.05) is 11.8 Å². The Morgan fingerprint density at radius 1 is 1.50 bits per heavy atom. The number of aromatic carboxylic acids is 1. The number of H-pyrrole nitrogens is 1. The van der Waals surface area contributed by atoms with Crippen molar-refractivity contribution >= 4 is 32.9 Å². The zero-order valence-corrected chi connectivity index (χ0v) is 8.83. The van der Waals surface area contributed by atoms with Gasteiger partial charge >= 0.3 is 18.9 Å². The summed E-state index contributed by atoms with van der Waals surface area (Å²) in [7, 11) is 0. The van der Waals surface area contributed by atoms with E-state index in [1.165, 1.54) is 12.5 Å². The molecular weight excluding hydrogens is 245 g/mol. The number of fused-ring (bicyclic) bond motifs is 1. The standard InChI is InChI=1S/C7H4BrN3O2.Li/c8-6-5-4(10-2-11-5)3(1-9-6)7(12)13;/h1-2H,(H,10,11)(H,12,13);/q;+1/p-1. The van der Waals surface area contributed by atoms with Gasteiger partial charge in [-0.15, -0.1) is 0 Å². The predicted molar refractivity (Wildman–Crippen MR) is 45.9 cm³/mol. The zero-order chi connectivity index (χ0) is 9.42. The minimum absolute atomic E-state index is 0. The molecule has 0 aromatic carbocycles. The summed E-state index contributed by atoms with van der Waals surface area (Å²) in [6.45, 7) is 0. The number of nitrogens with zero attached hydrogens (tertiary/aromatic N) is 2. The first-order valence-corrected chi connectivity index (χ1v) is 4.18. The number of aromatic nitrogens is 3. The fourth-order valence-corrected chi connectivity index (χ4v) is 1.46. The topological polar surface area (TPSA) is 81.7 Å². The van der Waals surface area contributed by atoms with Crippen LogP contribution in [0.1, 0.15) is 10.4 Å². The van der Waals surface area contributed by atoms with Crippen molar-refractivity contribution in [2.45, 2.75) is 0 Å². The van der Waals surface area contributed by atoms with Crippen molar-refractivity contribution < 1.29 is 28.8 Å². The molecule has 0 saturated heterocycles. The van der Waals surface area contributed by atoms with Gasteiger partial charge in [-0.05, 0) is 15.9 Å². The number of imidazole rings is 1. The number of pyridine rings is 1. The molecule has 0 unspecified atom stereocenters. The summed E-state index contributed by atoms with van der Waals surface area (Å²) in [6.07, 6.45) is 2.62. The van der Waals surface area contributed by atoms with E-state index in [4.69, 9.17) is 0 Å². The molecule has 0 aliphatic heterocycles. The number of aromatic amines is 1. The van der Waals surface area contributed by atoms with E-state index in [1.807, 2.05) is 0 Å². The molecule has 0 bridgehead atoms. The molecule has 5 nitrogen and oxygen atoms in total. The maximum Gasteiger partial charge on any atom is 1.00 e. The van der Waals surface area contributed by atoms with Gasteiger partial charge in [-0.1, -0.05) is 0 Å². The second kappa shape index (κ2) is 4.13. The van der Waals surface area contributed by atoms with Crippen molar-refractivity contribution in [2.75, 3.05) is 0 Å². The Balaban J connectivity index is 0.000000980. The predicted octanol–water partition coefficient (Wildman–Crippen LogP) is -2.91. The van der Waals surface area contributed by atoms with Gasteiger partial charge in [0.2, 0.25) is 0 Å². The third-order valence-electron chi connectivity index (χ3n) is 1.63. The van der Waals surface area contributed by atoms with Crippen molar-refractivity contribution in [1.82, 2.24) is 15.0 Å². The second-order valence-electron chi connectivity index (χ2n) is 2.38. The number of hydrogen-bond acceptors (Lipinski definition) is 4. The Labute approximate surface area is 99.2 Å². The van der Waals surface area contributed by atoms with Gasteiger partial charge in [-0.3, -0.25) is 0 Å². The maximum absolute atomic E-state index is 10.6. The minimum atomic E-state index is -1.28. The first kappa shape index (κ1) is 11.2. The molecule has 7 heteroatoms. The maximum atomic E-state index is 10.6. The van der Waals surface area contributed by atoms with Crippen molar-refractivity contribution in [2.24, 2.45) is 0 Å². The van der Waals surface area contributed by atoms with E-state index in [1.54, 1.807) is 0 Å². The largest absolute Gasteiger partial charge is 1.00 e. The Kier molecular flexibility index (Phi) is 3.32. The van der Waals surface area contributed by atoms with Crippen LogP contribution in [0, 0.1) is 0 Å². The van der Waals surface area contributed by atoms with Crippen LogP contribution in [0.3, 0.4) is 0 Å². The SMILES string of the molecule is O=C([O-])c1cnc(Br)c2[nH]cnc12.[Li+]. The van der Waals surface area contributed by atoms with E-state index in [2.05, 4.69) is 30.9 Å². The Bertz CT molecular complexity index is 485. The van der Waals surface area contributed by atoms with Crippen LogP contribution < -0.4 is 24.0 Å². The molecule has 1 N–H and O–H groups in total. The summed E-state index contributed by atoms with van der Waals surface area (Å²) in [6, 6.07) is 0. The number of carbonyl (C=O) groups is 1. The number of nitrogens with one attached hydrogen (secondary N) is 1. The van der Waals surface area contributed by atoms with Crippen LogP contribution in [0.5, 0.6) is 0 Å². The van der Waals surface area contributed by atoms with Crippen molar-refractivity contribution in [3.8, 4) is 0 Å². The summed E-state index contributed by atoms with van der Waals surface area (Å²) in [5, 5.41) is 10.6. The van der Waals surface area contributed by atoms with E-state index in [0.717, 1.165) is 0 Å². The van der Waals surface area contributed by atoms with E-state index in [0.29, 0.717) is 15.6 Å². The van der Waals surface area contributed by atoms with Crippen LogP contribution in [0.15, 0.2) is 17.1 Å². The molecule has 0 fully saturated rings. The molecule has 2 rings (SSSR count). The molecular formula is C7H3BrLiN3O2. The first-order valence-electron chi connectivity index (χ1n) is 3.39. The van der Waals surface area contributed by atoms with Crippen LogP contribution >= 0.6 is 15.9 Å². The average molecular weight is 248 g/mol. The van der Waals surface area contributed by atoms with Gasteiger partial charge in [0.15, 0.2) is 0 Å². The number of carboxylic acids is 1. The van der Waals surface area contributed by atoms with Crippen LogP contribution in [-0.4, -0.2) is 20.9 Å². The van der Waals surface area contributed by atoms with Crippen LogP contribution in [0.4, 0.5) is 0 Å². The molecule has 0 radical (unpaired) electrons. The van der Waals surface area contributed by atoms with Gasteiger partial charge in [0.1, 0.15) is 10.1 Å². The van der Waals surface area contributed by atoms with Crippen molar-refractivity contribution in [1.29, 1.82) is 0 Å². The summed E-state index contributed by atoms with van der Waals surface area (Å²) < 4.78 is 0.532. The van der Waals surface area contributed by atoms with E-state index in [-0.39, 0.29) is 24.4 Å². The summed E-state index contributed by atoms with van der Waals surface area (Å²) >= 11 is 3.16. The molecule has 0 aliphatic carbocycles. The number of carboxylic acid groups (broad SMARTS) is 1. The van der Waals surface area contributed by atoms with Crippen LogP contribution in [-0.2, 0) is 0 Å². The quantitative estimate of drug-likeness (QED) is 0.433. The molecule has 14 heavy (non-hydrogen) atoms. The second-order valence-corrected chi connectivity index (χ2v) is 3.13. The Morgan fingerprint density at radius 3 is 2.86 bits per heavy atom. The van der Waals surface area contributed by atoms with E-state index in [9.17, 15) is 9.90 Å². The van der Waals surface area contributed by atoms with E-state index < -0.39 is 5.97 Å². The number of carbonyl (C=O) groups excluding carboxylic acids is 1. The monoisotopic (exact) mass is 247 g/mol. The number of hydrogen-bond donors (Lipinski definition) is 1. The molecule has 0 spiro atoms. The van der Waals surface area contributed by atoms with Gasteiger partial charge in [-0.25, -0.2) is 9.97 Å². The van der Waals surface area contributed by atoms with Gasteiger partial charge < -0.3 is 14.9 Å². The molecule has 2 heterocycles. The fraction of sp³-hybridized carbons (Fsp3) is 0. The molecule has 0 saturated carbocycles. The van der Waals surface area contributed by atoms with Crippen LogP contribution in [0.25, 0.3) is 11.0 Å². The van der Waals surface area contributed by atoms with Crippen molar-refractivity contribution in [3.05, 3.63) is 22.7 Å². The summed E-state index contributed by atoms with van der Waals surface area (Å²) in [5.41, 5.74) is 0.892. The third-order valence-corrected chi connectivity index (χ3v) is 2.23. The molecule has 0 amide bonds. The van der Waals surface area contributed by atoms with Gasteiger partial charge in [0.05, 0.1) is 17.8 Å². The first-order chi connectivity index (χ1) is 6.20. The Morgan fingerprint density at radius 2 is 2.21 bits per heavy atom. The number of rotatable bonds is 1. The number of halogens is 1. The molecule has 0 aliphatic rings. The Hall–Kier alpha value is -0.833. The summed E-state index contributed by atoms with van der Waals surface area (Å²) in [5.74, 6) is -1.28. The van der Waals surface area contributed by atoms with Crippen molar-refractivity contribution in [3.63, 3.8) is 0 Å². The molecule has 2 aromatic rings. The third kappa shape index (κ3) is 1.69. The van der Waals surface area contributed by atoms with Gasteiger partial charge in [-0.2, -0.15) is 0 Å².